The maximum atomic E-state index is 12.6. The smallest absolute Gasteiger partial charge is 0.176 e. The molecule has 5 rings (SSSR count). The lowest BCUT2D eigenvalue weighted by Crippen LogP contribution is -2.26. The number of rotatable bonds is 10. The number of hydrogen-bond acceptors (Lipinski definition) is 4. The Bertz CT molecular complexity index is 1450. The van der Waals surface area contributed by atoms with Gasteiger partial charge in [-0.25, -0.2) is 0 Å². The first-order valence-corrected chi connectivity index (χ1v) is 14.9. The number of likely N-dealkylation sites (tertiary alicyclic amines) is 1. The van der Waals surface area contributed by atoms with Gasteiger partial charge < -0.3 is 9.47 Å². The maximum Gasteiger partial charge on any atom is 0.176 e. The van der Waals surface area contributed by atoms with Crippen molar-refractivity contribution in [1.29, 1.82) is 0 Å². The molecule has 1 aliphatic heterocycles. The molecule has 1 unspecified atom stereocenters. The second-order valence-electron chi connectivity index (χ2n) is 10.5. The Morgan fingerprint density at radius 3 is 2.63 bits per heavy atom. The molecule has 0 bridgehead atoms. The van der Waals surface area contributed by atoms with E-state index in [1.54, 1.807) is 7.05 Å². The Morgan fingerprint density at radius 1 is 1.07 bits per heavy atom. The summed E-state index contributed by atoms with van der Waals surface area (Å²) in [6.07, 6.45) is 5.80. The first kappa shape index (κ1) is 29.4. The van der Waals surface area contributed by atoms with Crippen LogP contribution in [-0.4, -0.2) is 50.8 Å². The first-order valence-electron chi connectivity index (χ1n) is 14.1. The number of aliphatic imine (C=N–C) groups is 1. The number of aryl methyl sites for hydroxylation is 1. The number of hydrogen-bond donors (Lipinski definition) is 0. The van der Waals surface area contributed by atoms with Crippen molar-refractivity contribution in [2.75, 3.05) is 33.4 Å². The molecular formula is C34H35Cl2FN2O2. The van der Waals surface area contributed by atoms with Crippen LogP contribution in [-0.2, 0) is 11.2 Å². The molecule has 0 radical (unpaired) electrons. The number of halogens is 3. The van der Waals surface area contributed by atoms with Gasteiger partial charge in [-0.2, -0.15) is 0 Å². The SMILES string of the molecule is C=C(OC=NC)c1ccc2c(c1)CCCC(c1ccc(Cl)cc1Cl)=C2c1ccc(OC2CCN(CCCF)C2)cc1. The van der Waals surface area contributed by atoms with Gasteiger partial charge in [0, 0.05) is 42.3 Å². The maximum absolute atomic E-state index is 12.6. The van der Waals surface area contributed by atoms with Gasteiger partial charge in [0.1, 0.15) is 17.6 Å². The number of benzene rings is 3. The fourth-order valence-electron chi connectivity index (χ4n) is 5.75. The van der Waals surface area contributed by atoms with E-state index >= 15 is 0 Å². The molecule has 3 aromatic rings. The van der Waals surface area contributed by atoms with Gasteiger partial charge >= 0.3 is 0 Å². The summed E-state index contributed by atoms with van der Waals surface area (Å²) < 4.78 is 24.5. The summed E-state index contributed by atoms with van der Waals surface area (Å²) in [5.74, 6) is 1.40. The Morgan fingerprint density at radius 2 is 1.88 bits per heavy atom. The average molecular weight is 594 g/mol. The van der Waals surface area contributed by atoms with E-state index in [2.05, 4.69) is 40.7 Å². The van der Waals surface area contributed by atoms with Crippen LogP contribution in [0.2, 0.25) is 10.0 Å². The summed E-state index contributed by atoms with van der Waals surface area (Å²) in [4.78, 5) is 6.18. The number of fused-ring (bicyclic) bond motifs is 1. The van der Waals surface area contributed by atoms with Crippen LogP contribution in [0.3, 0.4) is 0 Å². The van der Waals surface area contributed by atoms with Crippen molar-refractivity contribution in [3.8, 4) is 5.75 Å². The van der Waals surface area contributed by atoms with Gasteiger partial charge in [-0.15, -0.1) is 0 Å². The van der Waals surface area contributed by atoms with E-state index in [1.807, 2.05) is 36.4 Å². The van der Waals surface area contributed by atoms with E-state index in [1.165, 1.54) is 17.5 Å². The molecule has 0 spiro atoms. The van der Waals surface area contributed by atoms with E-state index in [0.717, 1.165) is 78.9 Å². The van der Waals surface area contributed by atoms with Gasteiger partial charge in [0.15, 0.2) is 6.40 Å². The number of allylic oxidation sites excluding steroid dienone is 1. The van der Waals surface area contributed by atoms with Gasteiger partial charge in [-0.1, -0.05) is 60.1 Å². The third-order valence-corrected chi connectivity index (χ3v) is 8.26. The van der Waals surface area contributed by atoms with Crippen LogP contribution in [0.5, 0.6) is 5.75 Å². The lowest BCUT2D eigenvalue weighted by molar-refractivity contribution is 0.198. The Hall–Kier alpha value is -3.12. The average Bonchev–Trinajstić information content (AvgIpc) is 3.33. The van der Waals surface area contributed by atoms with E-state index in [-0.39, 0.29) is 12.8 Å². The van der Waals surface area contributed by atoms with Crippen LogP contribution in [0, 0.1) is 0 Å². The highest BCUT2D eigenvalue weighted by atomic mass is 35.5. The van der Waals surface area contributed by atoms with Crippen molar-refractivity contribution >= 4 is 46.5 Å². The minimum absolute atomic E-state index is 0.119. The monoisotopic (exact) mass is 592 g/mol. The van der Waals surface area contributed by atoms with Crippen LogP contribution in [0.1, 0.15) is 53.5 Å². The van der Waals surface area contributed by atoms with Gasteiger partial charge in [-0.3, -0.25) is 14.3 Å². The summed E-state index contributed by atoms with van der Waals surface area (Å²) in [6.45, 7) is 6.37. The Balaban J connectivity index is 1.50. The van der Waals surface area contributed by atoms with Crippen molar-refractivity contribution in [1.82, 2.24) is 4.90 Å². The molecule has 1 heterocycles. The molecule has 1 fully saturated rings. The van der Waals surface area contributed by atoms with Crippen molar-refractivity contribution in [3.63, 3.8) is 0 Å². The Labute approximate surface area is 252 Å². The third-order valence-electron chi connectivity index (χ3n) is 7.71. The van der Waals surface area contributed by atoms with E-state index < -0.39 is 0 Å². The van der Waals surface area contributed by atoms with Gasteiger partial charge in [0.05, 0.1) is 6.67 Å². The molecule has 7 heteroatoms. The lowest BCUT2D eigenvalue weighted by Gasteiger charge is -2.19. The number of ether oxygens (including phenoxy) is 2. The predicted molar refractivity (Wildman–Crippen MR) is 169 cm³/mol. The molecule has 41 heavy (non-hydrogen) atoms. The standard InChI is InChI=1S/C34H35Cl2FN2O2/c1-23(40-22-38-2)25-9-13-30-26(19-25)5-3-6-32(31-14-10-27(35)20-33(31)36)34(30)24-7-11-28(12-8-24)41-29-15-18-39(21-29)17-4-16-37/h7-14,19-20,22,29H,1,3-6,15-18,21H2,2H3. The van der Waals surface area contributed by atoms with Crippen molar-refractivity contribution in [2.45, 2.75) is 38.2 Å². The van der Waals surface area contributed by atoms with E-state index in [0.29, 0.717) is 22.2 Å². The molecular weight excluding hydrogens is 558 g/mol. The normalized spacial score (nSPS) is 17.5. The summed E-state index contributed by atoms with van der Waals surface area (Å²) in [7, 11) is 1.67. The van der Waals surface area contributed by atoms with Crippen LogP contribution < -0.4 is 4.74 Å². The molecule has 0 aromatic heterocycles. The highest BCUT2D eigenvalue weighted by molar-refractivity contribution is 6.36. The summed E-state index contributed by atoms with van der Waals surface area (Å²) in [6, 6.07) is 20.5. The molecule has 4 nitrogen and oxygen atoms in total. The summed E-state index contributed by atoms with van der Waals surface area (Å²) in [5.41, 5.74) is 7.76. The molecule has 1 aliphatic carbocycles. The van der Waals surface area contributed by atoms with Gasteiger partial charge in [0.25, 0.3) is 0 Å². The fraction of sp³-hybridized carbons (Fsp3) is 0.324. The van der Waals surface area contributed by atoms with Crippen molar-refractivity contribution < 1.29 is 13.9 Å². The topological polar surface area (TPSA) is 34.1 Å². The third kappa shape index (κ3) is 7.03. The highest BCUT2D eigenvalue weighted by Gasteiger charge is 2.25. The quantitative estimate of drug-likeness (QED) is 0.134. The van der Waals surface area contributed by atoms with Crippen LogP contribution in [0.15, 0.2) is 72.2 Å². The second kappa shape index (κ2) is 13.7. The predicted octanol–water partition coefficient (Wildman–Crippen LogP) is 8.75. The minimum Gasteiger partial charge on any atom is -0.489 e. The zero-order chi connectivity index (χ0) is 28.8. The molecule has 0 saturated carbocycles. The molecule has 214 valence electrons. The largest absolute Gasteiger partial charge is 0.489 e. The van der Waals surface area contributed by atoms with E-state index in [4.69, 9.17) is 32.7 Å². The van der Waals surface area contributed by atoms with E-state index in [9.17, 15) is 4.39 Å². The molecule has 3 aromatic carbocycles. The van der Waals surface area contributed by atoms with Crippen molar-refractivity contribution in [3.05, 3.63) is 105 Å². The lowest BCUT2D eigenvalue weighted by atomic mass is 9.87. The van der Waals surface area contributed by atoms with Crippen LogP contribution in [0.4, 0.5) is 4.39 Å². The van der Waals surface area contributed by atoms with Gasteiger partial charge in [-0.05, 0) is 95.8 Å². The molecule has 1 saturated heterocycles. The van der Waals surface area contributed by atoms with Crippen LogP contribution in [0.25, 0.3) is 16.9 Å². The Kier molecular flexibility index (Phi) is 9.81. The zero-order valence-corrected chi connectivity index (χ0v) is 24.9. The fourth-order valence-corrected chi connectivity index (χ4v) is 6.27. The number of nitrogens with zero attached hydrogens (tertiary/aromatic N) is 2. The van der Waals surface area contributed by atoms with Crippen molar-refractivity contribution in [2.24, 2.45) is 4.99 Å². The zero-order valence-electron chi connectivity index (χ0n) is 23.3. The molecule has 0 N–H and O–H groups in total. The van der Waals surface area contributed by atoms with Gasteiger partial charge in [0.2, 0.25) is 0 Å². The molecule has 1 atom stereocenters. The second-order valence-corrected chi connectivity index (χ2v) is 11.3. The summed E-state index contributed by atoms with van der Waals surface area (Å²) in [5, 5.41) is 1.26. The highest BCUT2D eigenvalue weighted by Crippen LogP contribution is 2.43. The summed E-state index contributed by atoms with van der Waals surface area (Å²) >= 11 is 13.0. The molecule has 2 aliphatic rings. The first-order chi connectivity index (χ1) is 20.0. The van der Waals surface area contributed by atoms with Crippen LogP contribution >= 0.6 is 23.2 Å². The number of alkyl halides is 1. The minimum atomic E-state index is -0.275. The molecule has 0 amide bonds.